The van der Waals surface area contributed by atoms with Crippen LogP contribution in [0.15, 0.2) is 59.5 Å². The number of rotatable bonds is 6. The molecule has 2 N–H and O–H groups in total. The molecule has 1 amide bonds. The molecule has 0 bridgehead atoms. The molecule has 4 nitrogen and oxygen atoms in total. The van der Waals surface area contributed by atoms with Crippen LogP contribution in [0, 0.1) is 5.92 Å². The molecule has 0 aliphatic carbocycles. The molecule has 0 aromatic heterocycles. The van der Waals surface area contributed by atoms with Gasteiger partial charge in [-0.25, -0.2) is 0 Å². The van der Waals surface area contributed by atoms with Gasteiger partial charge in [0.15, 0.2) is 6.10 Å². The number of hydrogen-bond donors (Lipinski definition) is 2. The molecular formula is C19H21NO3S. The Morgan fingerprint density at radius 2 is 1.96 bits per heavy atom. The zero-order valence-corrected chi connectivity index (χ0v) is 14.2. The minimum Gasteiger partial charge on any atom is -0.479 e. The molecule has 2 atom stereocenters. The predicted molar refractivity (Wildman–Crippen MR) is 95.3 cm³/mol. The minimum atomic E-state index is -0.485. The first-order valence-corrected chi connectivity index (χ1v) is 9.06. The van der Waals surface area contributed by atoms with E-state index in [1.807, 2.05) is 54.6 Å². The van der Waals surface area contributed by atoms with Crippen LogP contribution in [-0.4, -0.2) is 36.0 Å². The molecular weight excluding hydrogens is 322 g/mol. The van der Waals surface area contributed by atoms with Crippen LogP contribution in [0.4, 0.5) is 0 Å². The Morgan fingerprint density at radius 1 is 1.21 bits per heavy atom. The van der Waals surface area contributed by atoms with Crippen molar-refractivity contribution in [2.24, 2.45) is 5.92 Å². The number of aliphatic hydroxyl groups excluding tert-OH is 1. The third-order valence-electron chi connectivity index (χ3n) is 3.99. The van der Waals surface area contributed by atoms with E-state index >= 15 is 0 Å². The molecule has 3 rings (SSSR count). The van der Waals surface area contributed by atoms with E-state index in [0.29, 0.717) is 12.3 Å². The van der Waals surface area contributed by atoms with Crippen LogP contribution in [0.3, 0.4) is 0 Å². The van der Waals surface area contributed by atoms with E-state index in [9.17, 15) is 9.90 Å². The standard InChI is InChI=1S/C19H21NO3S/c21-12-15(10-14-6-2-1-3-7-14)11-20-19(22)17-13-24-18-9-5-4-8-16(18)23-17/h1-9,15,17,21H,10-13H2,(H,20,22)/t15-,17-/m0/s1. The topological polar surface area (TPSA) is 58.6 Å². The van der Waals surface area contributed by atoms with Gasteiger partial charge in [-0.3, -0.25) is 4.79 Å². The summed E-state index contributed by atoms with van der Waals surface area (Å²) in [4.78, 5) is 13.4. The van der Waals surface area contributed by atoms with Crippen LogP contribution >= 0.6 is 11.8 Å². The maximum Gasteiger partial charge on any atom is 0.261 e. The number of ether oxygens (including phenoxy) is 1. The number of carbonyl (C=O) groups is 1. The first-order valence-electron chi connectivity index (χ1n) is 8.07. The number of nitrogens with one attached hydrogen (secondary N) is 1. The lowest BCUT2D eigenvalue weighted by Gasteiger charge is -2.25. The Kier molecular flexibility index (Phi) is 5.77. The first-order chi connectivity index (χ1) is 11.8. The Hall–Kier alpha value is -1.98. The van der Waals surface area contributed by atoms with E-state index in [0.717, 1.165) is 22.6 Å². The number of hydrogen-bond acceptors (Lipinski definition) is 4. The summed E-state index contributed by atoms with van der Waals surface area (Å²) in [6, 6.07) is 17.7. The molecule has 0 unspecified atom stereocenters. The van der Waals surface area contributed by atoms with Gasteiger partial charge in [-0.15, -0.1) is 11.8 Å². The fraction of sp³-hybridized carbons (Fsp3) is 0.316. The number of benzene rings is 2. The van der Waals surface area contributed by atoms with Crippen LogP contribution < -0.4 is 10.1 Å². The Labute approximate surface area is 146 Å². The molecule has 0 spiro atoms. The van der Waals surface area contributed by atoms with Gasteiger partial charge in [-0.2, -0.15) is 0 Å². The fourth-order valence-electron chi connectivity index (χ4n) is 2.66. The SMILES string of the molecule is O=C(NC[C@@H](CO)Cc1ccccc1)[C@@H]1CSc2ccccc2O1. The number of thioether (sulfide) groups is 1. The van der Waals surface area contributed by atoms with Crippen molar-refractivity contribution in [1.82, 2.24) is 5.32 Å². The summed E-state index contributed by atoms with van der Waals surface area (Å²) in [5.41, 5.74) is 1.16. The summed E-state index contributed by atoms with van der Waals surface area (Å²) in [5.74, 6) is 1.24. The van der Waals surface area contributed by atoms with Crippen LogP contribution in [0.2, 0.25) is 0 Å². The van der Waals surface area contributed by atoms with Crippen LogP contribution in [0.25, 0.3) is 0 Å². The van der Waals surface area contributed by atoms with Crippen molar-refractivity contribution < 1.29 is 14.6 Å². The maximum atomic E-state index is 12.3. The lowest BCUT2D eigenvalue weighted by atomic mass is 10.00. The highest BCUT2D eigenvalue weighted by molar-refractivity contribution is 7.99. The van der Waals surface area contributed by atoms with Crippen molar-refractivity contribution in [3.63, 3.8) is 0 Å². The number of fused-ring (bicyclic) bond motifs is 1. The summed E-state index contributed by atoms with van der Waals surface area (Å²) >= 11 is 1.63. The van der Waals surface area contributed by atoms with Gasteiger partial charge in [0.25, 0.3) is 5.91 Å². The summed E-state index contributed by atoms with van der Waals surface area (Å²) < 4.78 is 5.78. The van der Waals surface area contributed by atoms with Crippen LogP contribution in [0.5, 0.6) is 5.75 Å². The molecule has 24 heavy (non-hydrogen) atoms. The van der Waals surface area contributed by atoms with Gasteiger partial charge < -0.3 is 15.2 Å². The molecule has 0 radical (unpaired) electrons. The summed E-state index contributed by atoms with van der Waals surface area (Å²) in [7, 11) is 0. The summed E-state index contributed by atoms with van der Waals surface area (Å²) in [5, 5.41) is 12.5. The fourth-order valence-corrected chi connectivity index (χ4v) is 3.64. The van der Waals surface area contributed by atoms with Gasteiger partial charge in [0, 0.05) is 29.7 Å². The number of carbonyl (C=O) groups excluding carboxylic acids is 1. The van der Waals surface area contributed by atoms with Crippen LogP contribution in [-0.2, 0) is 11.2 Å². The van der Waals surface area contributed by atoms with E-state index in [1.54, 1.807) is 11.8 Å². The highest BCUT2D eigenvalue weighted by Gasteiger charge is 2.26. The Bertz CT molecular complexity index is 677. The predicted octanol–water partition coefficient (Wildman–Crippen LogP) is 2.51. The monoisotopic (exact) mass is 343 g/mol. The Balaban J connectivity index is 1.51. The van der Waals surface area contributed by atoms with Crippen LogP contribution in [0.1, 0.15) is 5.56 Å². The number of para-hydroxylation sites is 1. The van der Waals surface area contributed by atoms with Crippen molar-refractivity contribution in [1.29, 1.82) is 0 Å². The molecule has 0 saturated heterocycles. The van der Waals surface area contributed by atoms with Gasteiger partial charge in [0.1, 0.15) is 5.75 Å². The average molecular weight is 343 g/mol. The zero-order valence-electron chi connectivity index (χ0n) is 13.4. The third-order valence-corrected chi connectivity index (χ3v) is 5.11. The molecule has 0 saturated carbocycles. The average Bonchev–Trinajstić information content (AvgIpc) is 2.65. The number of amides is 1. The van der Waals surface area contributed by atoms with E-state index in [2.05, 4.69) is 5.32 Å². The highest BCUT2D eigenvalue weighted by Crippen LogP contribution is 2.34. The summed E-state index contributed by atoms with van der Waals surface area (Å²) in [6.07, 6.45) is 0.252. The van der Waals surface area contributed by atoms with Crippen molar-refractivity contribution in [2.75, 3.05) is 18.9 Å². The molecule has 1 aliphatic heterocycles. The second-order valence-corrected chi connectivity index (χ2v) is 6.91. The zero-order chi connectivity index (χ0) is 16.8. The third kappa shape index (κ3) is 4.30. The largest absolute Gasteiger partial charge is 0.479 e. The normalized spacial score (nSPS) is 17.5. The van der Waals surface area contributed by atoms with Gasteiger partial charge >= 0.3 is 0 Å². The first kappa shape index (κ1) is 16.9. The second-order valence-electron chi connectivity index (χ2n) is 5.85. The molecule has 126 valence electrons. The van der Waals surface area contributed by atoms with E-state index in [4.69, 9.17) is 4.74 Å². The highest BCUT2D eigenvalue weighted by atomic mass is 32.2. The lowest BCUT2D eigenvalue weighted by Crippen LogP contribution is -2.43. The lowest BCUT2D eigenvalue weighted by molar-refractivity contribution is -0.127. The smallest absolute Gasteiger partial charge is 0.261 e. The van der Waals surface area contributed by atoms with Crippen molar-refractivity contribution >= 4 is 17.7 Å². The minimum absolute atomic E-state index is 0.000111. The van der Waals surface area contributed by atoms with Crippen molar-refractivity contribution in [3.8, 4) is 5.75 Å². The van der Waals surface area contributed by atoms with E-state index in [1.165, 1.54) is 0 Å². The molecule has 1 heterocycles. The summed E-state index contributed by atoms with van der Waals surface area (Å²) in [6.45, 7) is 0.481. The van der Waals surface area contributed by atoms with Gasteiger partial charge in [-0.05, 0) is 24.1 Å². The molecule has 5 heteroatoms. The molecule has 1 aliphatic rings. The van der Waals surface area contributed by atoms with Crippen molar-refractivity contribution in [2.45, 2.75) is 17.4 Å². The Morgan fingerprint density at radius 3 is 2.75 bits per heavy atom. The van der Waals surface area contributed by atoms with E-state index < -0.39 is 6.10 Å². The van der Waals surface area contributed by atoms with Gasteiger partial charge in [0.2, 0.25) is 0 Å². The van der Waals surface area contributed by atoms with Gasteiger partial charge in [-0.1, -0.05) is 42.5 Å². The second kappa shape index (κ2) is 8.22. The molecule has 0 fully saturated rings. The van der Waals surface area contributed by atoms with Gasteiger partial charge in [0.05, 0.1) is 0 Å². The van der Waals surface area contributed by atoms with E-state index in [-0.39, 0.29) is 18.4 Å². The quantitative estimate of drug-likeness (QED) is 0.846. The molecule has 2 aromatic rings. The molecule has 2 aromatic carbocycles. The maximum absolute atomic E-state index is 12.3. The number of aliphatic hydroxyl groups is 1. The van der Waals surface area contributed by atoms with Crippen molar-refractivity contribution in [3.05, 3.63) is 60.2 Å².